The molecule has 110 valence electrons. The van der Waals surface area contributed by atoms with Gasteiger partial charge in [-0.2, -0.15) is 0 Å². The summed E-state index contributed by atoms with van der Waals surface area (Å²) in [5.41, 5.74) is 2.55. The summed E-state index contributed by atoms with van der Waals surface area (Å²) < 4.78 is 11.6. The van der Waals surface area contributed by atoms with Crippen molar-refractivity contribution in [2.45, 2.75) is 32.2 Å². The number of ether oxygens (including phenoxy) is 2. The largest absolute Gasteiger partial charge is 0.486 e. The normalized spacial score (nSPS) is 18.8. The number of fused-ring (bicyclic) bond motifs is 1. The molecule has 0 atom stereocenters. The average molecular weight is 276 g/mol. The highest BCUT2D eigenvalue weighted by Gasteiger charge is 2.22. The Morgan fingerprint density at radius 3 is 2.55 bits per heavy atom. The van der Waals surface area contributed by atoms with Crippen LogP contribution in [0.3, 0.4) is 0 Å². The lowest BCUT2D eigenvalue weighted by Gasteiger charge is -2.29. The zero-order chi connectivity index (χ0) is 13.8. The fraction of sp³-hybridized carbons (Fsp3) is 0.625. The number of rotatable bonds is 3. The van der Waals surface area contributed by atoms with Crippen LogP contribution in [0.15, 0.2) is 12.1 Å². The van der Waals surface area contributed by atoms with Crippen LogP contribution < -0.4 is 19.7 Å². The summed E-state index contributed by atoms with van der Waals surface area (Å²) in [5, 5.41) is 3.27. The van der Waals surface area contributed by atoms with Gasteiger partial charge in [-0.3, -0.25) is 0 Å². The van der Waals surface area contributed by atoms with Crippen molar-refractivity contribution in [3.8, 4) is 11.5 Å². The van der Waals surface area contributed by atoms with Gasteiger partial charge in [0.2, 0.25) is 0 Å². The summed E-state index contributed by atoms with van der Waals surface area (Å²) >= 11 is 0. The maximum Gasteiger partial charge on any atom is 0.167 e. The highest BCUT2D eigenvalue weighted by Crippen LogP contribution is 2.40. The lowest BCUT2D eigenvalue weighted by Crippen LogP contribution is -2.27. The molecule has 1 aromatic rings. The fourth-order valence-electron chi connectivity index (χ4n) is 3.12. The minimum Gasteiger partial charge on any atom is -0.486 e. The van der Waals surface area contributed by atoms with E-state index < -0.39 is 0 Å². The average Bonchev–Trinajstić information content (AvgIpc) is 2.77. The molecule has 0 bridgehead atoms. The Kier molecular flexibility index (Phi) is 4.31. The van der Waals surface area contributed by atoms with E-state index in [0.29, 0.717) is 13.2 Å². The maximum absolute atomic E-state index is 5.88. The van der Waals surface area contributed by atoms with Crippen LogP contribution in [0.25, 0.3) is 0 Å². The van der Waals surface area contributed by atoms with E-state index in [1.165, 1.54) is 36.9 Å². The molecule has 0 saturated carbocycles. The van der Waals surface area contributed by atoms with Gasteiger partial charge in [-0.05, 0) is 32.0 Å². The van der Waals surface area contributed by atoms with Gasteiger partial charge in [0.25, 0.3) is 0 Å². The molecule has 4 heteroatoms. The van der Waals surface area contributed by atoms with E-state index in [1.54, 1.807) is 0 Å². The molecule has 1 saturated heterocycles. The van der Waals surface area contributed by atoms with Crippen LogP contribution in [0.1, 0.15) is 31.2 Å². The van der Waals surface area contributed by atoms with Crippen molar-refractivity contribution in [1.29, 1.82) is 0 Å². The lowest BCUT2D eigenvalue weighted by molar-refractivity contribution is 0.170. The summed E-state index contributed by atoms with van der Waals surface area (Å²) in [6.45, 7) is 4.41. The Bertz CT molecular complexity index is 454. The topological polar surface area (TPSA) is 33.7 Å². The first-order valence-electron chi connectivity index (χ1n) is 7.71. The minimum absolute atomic E-state index is 0.646. The fourth-order valence-corrected chi connectivity index (χ4v) is 3.12. The van der Waals surface area contributed by atoms with Gasteiger partial charge in [0, 0.05) is 30.9 Å². The van der Waals surface area contributed by atoms with Crippen LogP contribution >= 0.6 is 0 Å². The Labute approximate surface area is 121 Å². The molecule has 0 radical (unpaired) electrons. The maximum atomic E-state index is 5.88. The minimum atomic E-state index is 0.646. The third-order valence-corrected chi connectivity index (χ3v) is 4.09. The molecule has 20 heavy (non-hydrogen) atoms. The van der Waals surface area contributed by atoms with E-state index in [1.807, 2.05) is 7.05 Å². The van der Waals surface area contributed by atoms with Crippen molar-refractivity contribution in [3.63, 3.8) is 0 Å². The molecule has 1 N–H and O–H groups in total. The highest BCUT2D eigenvalue weighted by atomic mass is 16.6. The van der Waals surface area contributed by atoms with E-state index in [0.717, 1.165) is 31.1 Å². The lowest BCUT2D eigenvalue weighted by atomic mass is 10.1. The highest BCUT2D eigenvalue weighted by molar-refractivity contribution is 5.64. The first-order valence-corrected chi connectivity index (χ1v) is 7.71. The van der Waals surface area contributed by atoms with Gasteiger partial charge in [0.1, 0.15) is 13.2 Å². The molecule has 1 fully saturated rings. The number of hydrogen-bond donors (Lipinski definition) is 1. The van der Waals surface area contributed by atoms with Gasteiger partial charge in [-0.25, -0.2) is 0 Å². The molecule has 0 amide bonds. The number of anilines is 1. The second-order valence-electron chi connectivity index (χ2n) is 5.52. The molecule has 3 rings (SSSR count). The monoisotopic (exact) mass is 276 g/mol. The molecule has 2 aliphatic heterocycles. The number of benzene rings is 1. The second-order valence-corrected chi connectivity index (χ2v) is 5.52. The zero-order valence-corrected chi connectivity index (χ0v) is 12.3. The van der Waals surface area contributed by atoms with E-state index in [-0.39, 0.29) is 0 Å². The van der Waals surface area contributed by atoms with Gasteiger partial charge in [0.05, 0.1) is 0 Å². The molecule has 0 unspecified atom stereocenters. The van der Waals surface area contributed by atoms with Crippen LogP contribution in [0.4, 0.5) is 5.69 Å². The first kappa shape index (κ1) is 13.6. The van der Waals surface area contributed by atoms with Gasteiger partial charge in [-0.15, -0.1) is 0 Å². The third kappa shape index (κ3) is 2.70. The van der Waals surface area contributed by atoms with Crippen molar-refractivity contribution in [2.75, 3.05) is 38.3 Å². The molecular weight excluding hydrogens is 252 g/mol. The zero-order valence-electron chi connectivity index (χ0n) is 12.3. The predicted octanol–water partition coefficient (Wildman–Crippen LogP) is 2.56. The molecule has 0 spiro atoms. The van der Waals surface area contributed by atoms with Crippen LogP contribution in [-0.2, 0) is 6.54 Å². The Balaban J connectivity index is 1.96. The molecular formula is C16H24N2O2. The third-order valence-electron chi connectivity index (χ3n) is 4.09. The van der Waals surface area contributed by atoms with Gasteiger partial charge < -0.3 is 19.7 Å². The number of nitrogens with one attached hydrogen (secondary N) is 1. The first-order chi connectivity index (χ1) is 9.90. The van der Waals surface area contributed by atoms with E-state index >= 15 is 0 Å². The molecule has 2 heterocycles. The summed E-state index contributed by atoms with van der Waals surface area (Å²) in [6.07, 6.45) is 5.27. The Hall–Kier alpha value is -1.42. The van der Waals surface area contributed by atoms with Crippen LogP contribution in [0.5, 0.6) is 11.5 Å². The predicted molar refractivity (Wildman–Crippen MR) is 80.9 cm³/mol. The summed E-state index contributed by atoms with van der Waals surface area (Å²) in [7, 11) is 1.98. The Morgan fingerprint density at radius 1 is 1.05 bits per heavy atom. The molecule has 2 aliphatic rings. The summed E-state index contributed by atoms with van der Waals surface area (Å²) in [4.78, 5) is 2.51. The van der Waals surface area contributed by atoms with E-state index in [9.17, 15) is 0 Å². The van der Waals surface area contributed by atoms with Crippen molar-refractivity contribution in [1.82, 2.24) is 5.32 Å². The number of hydrogen-bond acceptors (Lipinski definition) is 4. The van der Waals surface area contributed by atoms with Gasteiger partial charge in [0.15, 0.2) is 11.5 Å². The van der Waals surface area contributed by atoms with Crippen LogP contribution in [-0.4, -0.2) is 33.4 Å². The number of nitrogens with zero attached hydrogens (tertiary/aromatic N) is 1. The van der Waals surface area contributed by atoms with Crippen LogP contribution in [0.2, 0.25) is 0 Å². The Morgan fingerprint density at radius 2 is 1.80 bits per heavy atom. The van der Waals surface area contributed by atoms with Gasteiger partial charge in [-0.1, -0.05) is 12.8 Å². The quantitative estimate of drug-likeness (QED) is 0.920. The summed E-state index contributed by atoms with van der Waals surface area (Å²) in [5.74, 6) is 1.83. The molecule has 1 aromatic carbocycles. The van der Waals surface area contributed by atoms with Gasteiger partial charge >= 0.3 is 0 Å². The van der Waals surface area contributed by atoms with Crippen molar-refractivity contribution < 1.29 is 9.47 Å². The smallest absolute Gasteiger partial charge is 0.167 e. The van der Waals surface area contributed by atoms with Crippen molar-refractivity contribution in [2.24, 2.45) is 0 Å². The standard InChI is InChI=1S/C16H24N2O2/c1-17-12-13-14(18-8-4-2-3-5-9-18)6-7-15-16(13)20-11-10-19-15/h6-7,17H,2-5,8-12H2,1H3. The SMILES string of the molecule is CNCc1c(N2CCCCCC2)ccc2c1OCCO2. The second kappa shape index (κ2) is 6.35. The summed E-state index contributed by atoms with van der Waals surface area (Å²) in [6, 6.07) is 4.26. The molecule has 0 aliphatic carbocycles. The van der Waals surface area contributed by atoms with Crippen molar-refractivity contribution >= 4 is 5.69 Å². The van der Waals surface area contributed by atoms with E-state index in [2.05, 4.69) is 22.3 Å². The molecule has 0 aromatic heterocycles. The van der Waals surface area contributed by atoms with E-state index in [4.69, 9.17) is 9.47 Å². The van der Waals surface area contributed by atoms with Crippen LogP contribution in [0, 0.1) is 0 Å². The molecule has 4 nitrogen and oxygen atoms in total. The van der Waals surface area contributed by atoms with Crippen molar-refractivity contribution in [3.05, 3.63) is 17.7 Å².